The average molecular weight is 1210 g/mol. The highest BCUT2D eigenvalue weighted by atomic mass is 16.5. The van der Waals surface area contributed by atoms with E-state index < -0.39 is 12.1 Å². The van der Waals surface area contributed by atoms with Gasteiger partial charge in [0.05, 0.1) is 25.4 Å². The van der Waals surface area contributed by atoms with Crippen LogP contribution in [0.3, 0.4) is 0 Å². The molecule has 2 unspecified atom stereocenters. The summed E-state index contributed by atoms with van der Waals surface area (Å²) < 4.78 is 5.51. The standard InChI is InChI=1S/C80H155NO5/c1-3-5-7-9-11-13-15-17-19-21-22-23-24-32-35-38-41-44-48-52-56-60-64-68-72-78(83)77(76-82)81-79(84)73-69-65-61-57-53-49-45-42-39-36-33-30-28-26-25-27-29-31-34-37-40-43-47-51-55-59-63-67-71-75-86-80(85)74-70-66-62-58-54-50-46-20-18-16-14-12-10-8-6-4-2/h25,27,68,72,77-78,82-83H,3-24,26,28-67,69-71,73-76H2,1-2H3,(H,81,84)/b27-25-,72-68+. The van der Waals surface area contributed by atoms with Crippen molar-refractivity contribution in [2.45, 2.75) is 463 Å². The highest BCUT2D eigenvalue weighted by Crippen LogP contribution is 2.20. The summed E-state index contributed by atoms with van der Waals surface area (Å²) in [4.78, 5) is 24.7. The molecule has 0 saturated heterocycles. The third-order valence-corrected chi connectivity index (χ3v) is 18.7. The van der Waals surface area contributed by atoms with E-state index in [-0.39, 0.29) is 18.5 Å². The Balaban J connectivity index is 3.39. The molecular formula is C80H155NO5. The first-order valence-corrected chi connectivity index (χ1v) is 39.6. The third kappa shape index (κ3) is 71.4. The van der Waals surface area contributed by atoms with Gasteiger partial charge in [-0.25, -0.2) is 0 Å². The molecule has 0 saturated carbocycles. The lowest BCUT2D eigenvalue weighted by atomic mass is 10.0. The predicted octanol–water partition coefficient (Wildman–Crippen LogP) is 26.0. The van der Waals surface area contributed by atoms with Crippen molar-refractivity contribution in [1.82, 2.24) is 5.32 Å². The third-order valence-electron chi connectivity index (χ3n) is 18.7. The highest BCUT2D eigenvalue weighted by Gasteiger charge is 2.18. The van der Waals surface area contributed by atoms with Crippen LogP contribution in [0.15, 0.2) is 24.3 Å². The molecule has 0 aliphatic rings. The fraction of sp³-hybridized carbons (Fsp3) is 0.925. The van der Waals surface area contributed by atoms with E-state index in [2.05, 4.69) is 31.3 Å². The topological polar surface area (TPSA) is 95.9 Å². The summed E-state index contributed by atoms with van der Waals surface area (Å²) in [5.41, 5.74) is 0. The Kier molecular flexibility index (Phi) is 74.3. The number of ether oxygens (including phenoxy) is 1. The van der Waals surface area contributed by atoms with Crippen LogP contribution in [0.25, 0.3) is 0 Å². The van der Waals surface area contributed by atoms with Crippen LogP contribution >= 0.6 is 0 Å². The van der Waals surface area contributed by atoms with Gasteiger partial charge < -0.3 is 20.3 Å². The lowest BCUT2D eigenvalue weighted by molar-refractivity contribution is -0.143. The molecule has 510 valence electrons. The number of rotatable bonds is 75. The van der Waals surface area contributed by atoms with Gasteiger partial charge in [0.25, 0.3) is 0 Å². The quantitative estimate of drug-likeness (QED) is 0.0320. The van der Waals surface area contributed by atoms with Gasteiger partial charge in [0.1, 0.15) is 0 Å². The monoisotopic (exact) mass is 1210 g/mol. The molecule has 0 aromatic heterocycles. The number of aliphatic hydroxyl groups excluding tert-OH is 2. The van der Waals surface area contributed by atoms with Gasteiger partial charge in [0.2, 0.25) is 5.91 Å². The van der Waals surface area contributed by atoms with Crippen LogP contribution in [-0.4, -0.2) is 47.4 Å². The Morgan fingerprint density at radius 2 is 0.547 bits per heavy atom. The Morgan fingerprint density at radius 1 is 0.314 bits per heavy atom. The summed E-state index contributed by atoms with van der Waals surface area (Å²) in [6.07, 6.45) is 97.2. The summed E-state index contributed by atoms with van der Waals surface area (Å²) in [5, 5.41) is 23.3. The first-order chi connectivity index (χ1) is 42.5. The molecule has 0 aliphatic carbocycles. The minimum absolute atomic E-state index is 0.0207. The van der Waals surface area contributed by atoms with Crippen molar-refractivity contribution in [3.63, 3.8) is 0 Å². The summed E-state index contributed by atoms with van der Waals surface area (Å²) in [6.45, 7) is 4.96. The van der Waals surface area contributed by atoms with Crippen LogP contribution in [0.2, 0.25) is 0 Å². The smallest absolute Gasteiger partial charge is 0.305 e. The Hall–Kier alpha value is -1.66. The number of allylic oxidation sites excluding steroid dienone is 3. The molecule has 0 radical (unpaired) electrons. The Labute approximate surface area is 539 Å². The molecule has 2 atom stereocenters. The van der Waals surface area contributed by atoms with Gasteiger partial charge in [0, 0.05) is 12.8 Å². The number of hydrogen-bond donors (Lipinski definition) is 3. The molecule has 3 N–H and O–H groups in total. The number of unbranched alkanes of at least 4 members (excludes halogenated alkanes) is 62. The highest BCUT2D eigenvalue weighted by molar-refractivity contribution is 5.76. The van der Waals surface area contributed by atoms with E-state index in [0.29, 0.717) is 19.4 Å². The van der Waals surface area contributed by atoms with Crippen molar-refractivity contribution in [3.8, 4) is 0 Å². The fourth-order valence-corrected chi connectivity index (χ4v) is 12.7. The molecule has 0 aromatic carbocycles. The van der Waals surface area contributed by atoms with Gasteiger partial charge in [-0.1, -0.05) is 404 Å². The summed E-state index contributed by atoms with van der Waals surface area (Å²) >= 11 is 0. The Bertz CT molecular complexity index is 1350. The first kappa shape index (κ1) is 84.3. The number of hydrogen-bond acceptors (Lipinski definition) is 5. The molecule has 0 aliphatic heterocycles. The van der Waals surface area contributed by atoms with E-state index in [1.54, 1.807) is 6.08 Å². The van der Waals surface area contributed by atoms with Gasteiger partial charge in [-0.2, -0.15) is 0 Å². The number of esters is 1. The normalized spacial score (nSPS) is 12.6. The zero-order chi connectivity index (χ0) is 62.0. The van der Waals surface area contributed by atoms with Crippen molar-refractivity contribution in [2.24, 2.45) is 0 Å². The van der Waals surface area contributed by atoms with Crippen molar-refractivity contribution in [1.29, 1.82) is 0 Å². The maximum absolute atomic E-state index is 12.6. The zero-order valence-corrected chi connectivity index (χ0v) is 58.6. The number of amides is 1. The second-order valence-electron chi connectivity index (χ2n) is 27.4. The van der Waals surface area contributed by atoms with Crippen molar-refractivity contribution in [2.75, 3.05) is 13.2 Å². The molecule has 6 nitrogen and oxygen atoms in total. The second-order valence-corrected chi connectivity index (χ2v) is 27.4. The van der Waals surface area contributed by atoms with Crippen LogP contribution in [0, 0.1) is 0 Å². The van der Waals surface area contributed by atoms with Crippen molar-refractivity contribution >= 4 is 11.9 Å². The van der Waals surface area contributed by atoms with E-state index in [0.717, 1.165) is 38.5 Å². The molecular weight excluding hydrogens is 1050 g/mol. The Morgan fingerprint density at radius 3 is 0.826 bits per heavy atom. The molecule has 0 fully saturated rings. The number of carbonyl (C=O) groups is 2. The summed E-state index contributed by atoms with van der Waals surface area (Å²) in [5.74, 6) is -0.0411. The average Bonchev–Trinajstić information content (AvgIpc) is 3.58. The molecule has 6 heteroatoms. The van der Waals surface area contributed by atoms with Crippen molar-refractivity contribution in [3.05, 3.63) is 24.3 Å². The molecule has 0 heterocycles. The summed E-state index contributed by atoms with van der Waals surface area (Å²) in [6, 6.07) is -0.629. The number of nitrogens with one attached hydrogen (secondary N) is 1. The molecule has 0 rings (SSSR count). The summed E-state index contributed by atoms with van der Waals surface area (Å²) in [7, 11) is 0. The number of carbonyl (C=O) groups excluding carboxylic acids is 2. The maximum Gasteiger partial charge on any atom is 0.305 e. The zero-order valence-electron chi connectivity index (χ0n) is 58.6. The molecule has 0 bridgehead atoms. The molecule has 1 amide bonds. The van der Waals surface area contributed by atoms with Gasteiger partial charge in [-0.15, -0.1) is 0 Å². The first-order valence-electron chi connectivity index (χ1n) is 39.6. The minimum Gasteiger partial charge on any atom is -0.466 e. The van der Waals surface area contributed by atoms with E-state index in [1.165, 1.54) is 385 Å². The van der Waals surface area contributed by atoms with E-state index in [1.807, 2.05) is 6.08 Å². The fourth-order valence-electron chi connectivity index (χ4n) is 12.7. The van der Waals surface area contributed by atoms with E-state index in [4.69, 9.17) is 4.74 Å². The SMILES string of the molecule is CCCCCCCCCCCCCCCCCCCCCCCC/C=C/C(O)C(CO)NC(=O)CCCCCCCCCCCCCCC/C=C\CCCCCCCCCCCCCCOC(=O)CCCCCCCCCCCCCCCCCC. The van der Waals surface area contributed by atoms with Gasteiger partial charge in [-0.3, -0.25) is 9.59 Å². The largest absolute Gasteiger partial charge is 0.466 e. The van der Waals surface area contributed by atoms with Crippen LogP contribution < -0.4 is 5.32 Å². The van der Waals surface area contributed by atoms with Crippen molar-refractivity contribution < 1.29 is 24.5 Å². The maximum atomic E-state index is 12.6. The van der Waals surface area contributed by atoms with Crippen LogP contribution in [-0.2, 0) is 14.3 Å². The lowest BCUT2D eigenvalue weighted by Gasteiger charge is -2.20. The van der Waals surface area contributed by atoms with E-state index in [9.17, 15) is 19.8 Å². The minimum atomic E-state index is -0.845. The molecule has 0 spiro atoms. The van der Waals surface area contributed by atoms with Crippen LogP contribution in [0.4, 0.5) is 0 Å². The predicted molar refractivity (Wildman–Crippen MR) is 380 cm³/mol. The molecule has 86 heavy (non-hydrogen) atoms. The van der Waals surface area contributed by atoms with Gasteiger partial charge in [0.15, 0.2) is 0 Å². The van der Waals surface area contributed by atoms with Gasteiger partial charge in [-0.05, 0) is 57.8 Å². The van der Waals surface area contributed by atoms with Gasteiger partial charge >= 0.3 is 5.97 Å². The van der Waals surface area contributed by atoms with Crippen LogP contribution in [0.1, 0.15) is 450 Å². The van der Waals surface area contributed by atoms with Crippen LogP contribution in [0.5, 0.6) is 0 Å². The second kappa shape index (κ2) is 75.8. The number of aliphatic hydroxyl groups is 2. The lowest BCUT2D eigenvalue weighted by Crippen LogP contribution is -2.45. The molecule has 0 aromatic rings. The van der Waals surface area contributed by atoms with E-state index >= 15 is 0 Å².